The summed E-state index contributed by atoms with van der Waals surface area (Å²) in [7, 11) is 1.77. The van der Waals surface area contributed by atoms with Crippen molar-refractivity contribution in [1.29, 1.82) is 0 Å². The van der Waals surface area contributed by atoms with Gasteiger partial charge in [0.1, 0.15) is 6.04 Å². The van der Waals surface area contributed by atoms with E-state index in [1.165, 1.54) is 0 Å². The molecule has 0 saturated carbocycles. The molecule has 5 nitrogen and oxygen atoms in total. The Balaban J connectivity index is 1.86. The van der Waals surface area contributed by atoms with Gasteiger partial charge in [0, 0.05) is 20.1 Å². The van der Waals surface area contributed by atoms with Gasteiger partial charge in [0.15, 0.2) is 0 Å². The number of hydrogen-bond donors (Lipinski definition) is 2. The van der Waals surface area contributed by atoms with E-state index in [2.05, 4.69) is 10.6 Å². The molecule has 2 heterocycles. The van der Waals surface area contributed by atoms with Gasteiger partial charge in [0.25, 0.3) is 0 Å². The first-order valence-corrected chi connectivity index (χ1v) is 5.44. The molecule has 0 radical (unpaired) electrons. The highest BCUT2D eigenvalue weighted by Gasteiger charge is 2.32. The smallest absolute Gasteiger partial charge is 0.244 e. The fourth-order valence-electron chi connectivity index (χ4n) is 2.12. The molecule has 0 aromatic heterocycles. The van der Waals surface area contributed by atoms with Crippen molar-refractivity contribution in [2.24, 2.45) is 5.92 Å². The Labute approximate surface area is 89.2 Å². The molecule has 1 unspecified atom stereocenters. The lowest BCUT2D eigenvalue weighted by atomic mass is 10.1. The van der Waals surface area contributed by atoms with Crippen molar-refractivity contribution in [2.45, 2.75) is 18.9 Å². The van der Waals surface area contributed by atoms with Crippen molar-refractivity contribution in [2.75, 3.05) is 26.7 Å². The Morgan fingerprint density at radius 3 is 2.87 bits per heavy atom. The van der Waals surface area contributed by atoms with Crippen molar-refractivity contribution in [3.05, 3.63) is 0 Å². The van der Waals surface area contributed by atoms with E-state index < -0.39 is 0 Å². The molecule has 0 aromatic carbocycles. The minimum Gasteiger partial charge on any atom is -0.344 e. The van der Waals surface area contributed by atoms with Crippen LogP contribution in [0.15, 0.2) is 0 Å². The third-order valence-electron chi connectivity index (χ3n) is 3.18. The van der Waals surface area contributed by atoms with E-state index in [9.17, 15) is 9.59 Å². The van der Waals surface area contributed by atoms with Gasteiger partial charge in [-0.2, -0.15) is 0 Å². The van der Waals surface area contributed by atoms with Gasteiger partial charge in [-0.05, 0) is 19.4 Å². The van der Waals surface area contributed by atoms with Crippen LogP contribution in [0.1, 0.15) is 12.8 Å². The molecule has 2 rings (SSSR count). The van der Waals surface area contributed by atoms with Crippen LogP contribution in [0.2, 0.25) is 0 Å². The van der Waals surface area contributed by atoms with Gasteiger partial charge in [-0.3, -0.25) is 9.59 Å². The highest BCUT2D eigenvalue weighted by atomic mass is 16.2. The second-order valence-electron chi connectivity index (χ2n) is 4.30. The number of likely N-dealkylation sites (N-methyl/N-ethyl adjacent to an activating group) is 1. The van der Waals surface area contributed by atoms with Gasteiger partial charge >= 0.3 is 0 Å². The van der Waals surface area contributed by atoms with Crippen LogP contribution in [0.5, 0.6) is 0 Å². The molecule has 15 heavy (non-hydrogen) atoms. The number of rotatable bonds is 2. The predicted octanol–water partition coefficient (Wildman–Crippen LogP) is -1.06. The summed E-state index contributed by atoms with van der Waals surface area (Å²) in [5, 5.41) is 5.97. The molecule has 0 aliphatic carbocycles. The van der Waals surface area contributed by atoms with Crippen molar-refractivity contribution in [3.8, 4) is 0 Å². The van der Waals surface area contributed by atoms with E-state index in [-0.39, 0.29) is 23.8 Å². The highest BCUT2D eigenvalue weighted by molar-refractivity contribution is 5.89. The van der Waals surface area contributed by atoms with Crippen molar-refractivity contribution < 1.29 is 9.59 Å². The Kier molecular flexibility index (Phi) is 2.90. The number of amides is 2. The molecular weight excluding hydrogens is 194 g/mol. The third kappa shape index (κ3) is 2.12. The number of likely N-dealkylation sites (tertiary alicyclic amines) is 1. The second-order valence-corrected chi connectivity index (χ2v) is 4.30. The topological polar surface area (TPSA) is 61.4 Å². The molecule has 2 atom stereocenters. The van der Waals surface area contributed by atoms with Gasteiger partial charge in [-0.1, -0.05) is 0 Å². The molecule has 84 valence electrons. The molecule has 2 N–H and O–H groups in total. The van der Waals surface area contributed by atoms with Gasteiger partial charge in [-0.25, -0.2) is 0 Å². The first-order chi connectivity index (χ1) is 7.18. The molecule has 2 aliphatic heterocycles. The van der Waals surface area contributed by atoms with E-state index in [1.807, 2.05) is 0 Å². The third-order valence-corrected chi connectivity index (χ3v) is 3.18. The Bertz CT molecular complexity index is 274. The minimum absolute atomic E-state index is 0.0219. The molecule has 0 aromatic rings. The monoisotopic (exact) mass is 211 g/mol. The lowest BCUT2D eigenvalue weighted by Gasteiger charge is -2.14. The number of carbonyl (C=O) groups excluding carboxylic acids is 2. The van der Waals surface area contributed by atoms with Crippen LogP contribution < -0.4 is 10.6 Å². The van der Waals surface area contributed by atoms with Crippen LogP contribution in [0, 0.1) is 5.92 Å². The fourth-order valence-corrected chi connectivity index (χ4v) is 2.12. The zero-order valence-corrected chi connectivity index (χ0v) is 8.95. The minimum atomic E-state index is -0.289. The first-order valence-electron chi connectivity index (χ1n) is 5.44. The van der Waals surface area contributed by atoms with E-state index in [0.717, 1.165) is 32.5 Å². The van der Waals surface area contributed by atoms with Crippen LogP contribution in [0.4, 0.5) is 0 Å². The van der Waals surface area contributed by atoms with Gasteiger partial charge in [0.2, 0.25) is 11.8 Å². The summed E-state index contributed by atoms with van der Waals surface area (Å²) in [5.74, 6) is 0.103. The van der Waals surface area contributed by atoms with E-state index in [4.69, 9.17) is 0 Å². The summed E-state index contributed by atoms with van der Waals surface area (Å²) >= 11 is 0. The van der Waals surface area contributed by atoms with Crippen molar-refractivity contribution in [1.82, 2.24) is 15.5 Å². The molecule has 2 aliphatic rings. The number of hydrogen-bond acceptors (Lipinski definition) is 3. The van der Waals surface area contributed by atoms with Crippen LogP contribution in [-0.2, 0) is 9.59 Å². The zero-order chi connectivity index (χ0) is 10.8. The lowest BCUT2D eigenvalue weighted by Crippen LogP contribution is -2.43. The molecule has 0 bridgehead atoms. The summed E-state index contributed by atoms with van der Waals surface area (Å²) in [4.78, 5) is 24.9. The lowest BCUT2D eigenvalue weighted by molar-refractivity contribution is -0.133. The Morgan fingerprint density at radius 2 is 2.33 bits per heavy atom. The van der Waals surface area contributed by atoms with Crippen LogP contribution in [-0.4, -0.2) is 49.4 Å². The van der Waals surface area contributed by atoms with Crippen LogP contribution in [0.25, 0.3) is 0 Å². The maximum atomic E-state index is 11.7. The standard InChI is InChI=1S/C10H17N3O2/c1-13-5-3-8(10(13)15)12-9(14)7-2-4-11-6-7/h7-8,11H,2-6H2,1H3,(H,12,14)/t7-,8?/m1/s1. The molecule has 0 spiro atoms. The van der Waals surface area contributed by atoms with Crippen molar-refractivity contribution in [3.63, 3.8) is 0 Å². The van der Waals surface area contributed by atoms with Gasteiger partial charge < -0.3 is 15.5 Å². The average molecular weight is 211 g/mol. The number of nitrogens with one attached hydrogen (secondary N) is 2. The Morgan fingerprint density at radius 1 is 1.53 bits per heavy atom. The van der Waals surface area contributed by atoms with E-state index >= 15 is 0 Å². The second kappa shape index (κ2) is 4.18. The number of nitrogens with zero attached hydrogens (tertiary/aromatic N) is 1. The summed E-state index contributed by atoms with van der Waals surface area (Å²) in [5.41, 5.74) is 0. The van der Waals surface area contributed by atoms with Gasteiger partial charge in [0.05, 0.1) is 5.92 Å². The van der Waals surface area contributed by atoms with Crippen LogP contribution >= 0.6 is 0 Å². The summed E-state index contributed by atoms with van der Waals surface area (Å²) < 4.78 is 0. The van der Waals surface area contributed by atoms with Gasteiger partial charge in [-0.15, -0.1) is 0 Å². The molecular formula is C10H17N3O2. The fraction of sp³-hybridized carbons (Fsp3) is 0.800. The normalized spacial score (nSPS) is 31.0. The highest BCUT2D eigenvalue weighted by Crippen LogP contribution is 2.12. The number of carbonyl (C=O) groups is 2. The molecule has 5 heteroatoms. The SMILES string of the molecule is CN1CCC(NC(=O)[C@@H]2CCNC2)C1=O. The molecule has 2 fully saturated rings. The zero-order valence-electron chi connectivity index (χ0n) is 8.95. The van der Waals surface area contributed by atoms with E-state index in [1.54, 1.807) is 11.9 Å². The maximum Gasteiger partial charge on any atom is 0.244 e. The summed E-state index contributed by atoms with van der Waals surface area (Å²) in [6.07, 6.45) is 1.61. The maximum absolute atomic E-state index is 11.7. The molecule has 2 amide bonds. The van der Waals surface area contributed by atoms with Crippen LogP contribution in [0.3, 0.4) is 0 Å². The quantitative estimate of drug-likeness (QED) is 0.612. The summed E-state index contributed by atoms with van der Waals surface area (Å²) in [6.45, 7) is 2.38. The first kappa shape index (κ1) is 10.4. The average Bonchev–Trinajstić information content (AvgIpc) is 2.83. The van der Waals surface area contributed by atoms with Crippen molar-refractivity contribution >= 4 is 11.8 Å². The largest absolute Gasteiger partial charge is 0.344 e. The van der Waals surface area contributed by atoms with E-state index in [0.29, 0.717) is 0 Å². The predicted molar refractivity (Wildman–Crippen MR) is 55.2 cm³/mol. The molecule has 2 saturated heterocycles. The summed E-state index contributed by atoms with van der Waals surface area (Å²) in [6, 6.07) is -0.289. The Hall–Kier alpha value is -1.10.